The number of methoxy groups -OCH3 is 1. The van der Waals surface area contributed by atoms with E-state index in [1.807, 2.05) is 13.0 Å². The van der Waals surface area contributed by atoms with E-state index in [0.29, 0.717) is 10.2 Å². The zero-order valence-electron chi connectivity index (χ0n) is 23.0. The fourth-order valence-electron chi connectivity index (χ4n) is 5.46. The molecule has 11 nitrogen and oxygen atoms in total. The third-order valence-electron chi connectivity index (χ3n) is 7.67. The predicted octanol–water partition coefficient (Wildman–Crippen LogP) is 2.07. The lowest BCUT2D eigenvalue weighted by atomic mass is 9.91. The maximum Gasteiger partial charge on any atom is 0.259 e. The Balaban J connectivity index is 1.54. The first-order chi connectivity index (χ1) is 20.0. The van der Waals surface area contributed by atoms with Gasteiger partial charge in [0.2, 0.25) is 0 Å². The number of hydrogen-bond acceptors (Lipinski definition) is 9. The number of nitrogens with zero attached hydrogens (tertiary/aromatic N) is 4. The number of hydrogen-bond donors (Lipinski definition) is 3. The molecule has 2 saturated heterocycles. The van der Waals surface area contributed by atoms with E-state index in [0.717, 1.165) is 17.7 Å². The van der Waals surface area contributed by atoms with E-state index in [1.54, 1.807) is 12.1 Å². The standard InChI is InChI=1S/C28H31BrF2N4O7/c1-13-4-16(29)8-17(5-13)35(21-11-41-12-22(21)37)28(39)27-26(40-3)24(25(38)23(10-36)42-27)34-9-20(32-33-34)15-6-18(30)14(2)19(31)7-15/h4-9,21-27,36-38H,10-12H2,1-3H3/t21-,22-,23?,24?,25?,26?,27?/m1/s1. The molecule has 5 rings (SSSR count). The predicted molar refractivity (Wildman–Crippen MR) is 149 cm³/mol. The summed E-state index contributed by atoms with van der Waals surface area (Å²) in [5.74, 6) is -2.12. The zero-order chi connectivity index (χ0) is 30.3. The summed E-state index contributed by atoms with van der Waals surface area (Å²) in [6.07, 6.45) is -4.79. The summed E-state index contributed by atoms with van der Waals surface area (Å²) in [5, 5.41) is 40.1. The molecule has 1 aromatic heterocycles. The summed E-state index contributed by atoms with van der Waals surface area (Å²) >= 11 is 3.46. The fraction of sp³-hybridized carbons (Fsp3) is 0.464. The van der Waals surface area contributed by atoms with Crippen molar-refractivity contribution in [2.24, 2.45) is 0 Å². The van der Waals surface area contributed by atoms with Gasteiger partial charge in [-0.3, -0.25) is 4.79 Å². The number of halogens is 3. The van der Waals surface area contributed by atoms with Crippen LogP contribution >= 0.6 is 15.9 Å². The molecule has 0 spiro atoms. The van der Waals surface area contributed by atoms with Gasteiger partial charge in [0.05, 0.1) is 32.1 Å². The van der Waals surface area contributed by atoms with Crippen LogP contribution in [0.15, 0.2) is 41.0 Å². The summed E-state index contributed by atoms with van der Waals surface area (Å²) in [7, 11) is 1.33. The number of ether oxygens (including phenoxy) is 3. The lowest BCUT2D eigenvalue weighted by Gasteiger charge is -2.45. The Morgan fingerprint density at radius 3 is 2.48 bits per heavy atom. The number of carbonyl (C=O) groups is 1. The Bertz CT molecular complexity index is 1420. The van der Waals surface area contributed by atoms with Gasteiger partial charge in [0, 0.05) is 28.4 Å². The number of aryl methyl sites for hydroxylation is 1. The first kappa shape index (κ1) is 30.6. The van der Waals surface area contributed by atoms with Crippen molar-refractivity contribution in [1.82, 2.24) is 15.0 Å². The molecule has 7 atom stereocenters. The molecule has 14 heteroatoms. The highest BCUT2D eigenvalue weighted by atomic mass is 79.9. The van der Waals surface area contributed by atoms with Crippen molar-refractivity contribution in [3.8, 4) is 11.3 Å². The maximum absolute atomic E-state index is 14.3. The Kier molecular flexibility index (Phi) is 9.04. The van der Waals surface area contributed by atoms with Crippen LogP contribution in [0.2, 0.25) is 0 Å². The van der Waals surface area contributed by atoms with E-state index in [1.165, 1.54) is 29.8 Å². The second kappa shape index (κ2) is 12.4. The summed E-state index contributed by atoms with van der Waals surface area (Å²) in [4.78, 5) is 15.7. The van der Waals surface area contributed by atoms with Crippen LogP contribution in [0.5, 0.6) is 0 Å². The second-order valence-corrected chi connectivity index (χ2v) is 11.4. The van der Waals surface area contributed by atoms with Crippen LogP contribution in [-0.4, -0.2) is 99.7 Å². The molecule has 0 saturated carbocycles. The smallest absolute Gasteiger partial charge is 0.259 e. The molecule has 2 fully saturated rings. The highest BCUT2D eigenvalue weighted by Crippen LogP contribution is 2.36. The number of aliphatic hydroxyl groups is 3. The van der Waals surface area contributed by atoms with Crippen LogP contribution in [0.1, 0.15) is 17.2 Å². The molecule has 226 valence electrons. The van der Waals surface area contributed by atoms with E-state index in [4.69, 9.17) is 14.2 Å². The third kappa shape index (κ3) is 5.72. The van der Waals surface area contributed by atoms with Crippen LogP contribution in [0.3, 0.4) is 0 Å². The molecule has 0 radical (unpaired) electrons. The van der Waals surface area contributed by atoms with Crippen molar-refractivity contribution in [2.75, 3.05) is 31.8 Å². The van der Waals surface area contributed by atoms with E-state index >= 15 is 0 Å². The monoisotopic (exact) mass is 652 g/mol. The van der Waals surface area contributed by atoms with E-state index < -0.39 is 66.8 Å². The SMILES string of the molecule is COC1C(C(=O)N(c2cc(C)cc(Br)c2)[C@@H]2COC[C@H]2O)OC(CO)C(O)C1n1cc(-c2cc(F)c(C)c(F)c2)nn1. The lowest BCUT2D eigenvalue weighted by Crippen LogP contribution is -2.63. The van der Waals surface area contributed by atoms with E-state index in [9.17, 15) is 28.9 Å². The summed E-state index contributed by atoms with van der Waals surface area (Å²) in [6, 6.07) is 5.75. The highest BCUT2D eigenvalue weighted by molar-refractivity contribution is 9.10. The van der Waals surface area contributed by atoms with Gasteiger partial charge >= 0.3 is 0 Å². The van der Waals surface area contributed by atoms with Crippen molar-refractivity contribution >= 4 is 27.5 Å². The van der Waals surface area contributed by atoms with Gasteiger partial charge in [-0.2, -0.15) is 0 Å². The third-order valence-corrected chi connectivity index (χ3v) is 8.13. The van der Waals surface area contributed by atoms with Crippen molar-refractivity contribution in [3.63, 3.8) is 0 Å². The molecular formula is C28H31BrF2N4O7. The number of aliphatic hydroxyl groups excluding tert-OH is 3. The number of benzene rings is 2. The highest BCUT2D eigenvalue weighted by Gasteiger charge is 2.52. The molecule has 0 bridgehead atoms. The molecule has 3 N–H and O–H groups in total. The molecule has 3 aromatic rings. The van der Waals surface area contributed by atoms with Gasteiger partial charge in [-0.1, -0.05) is 21.1 Å². The van der Waals surface area contributed by atoms with Gasteiger partial charge in [0.25, 0.3) is 5.91 Å². The Morgan fingerprint density at radius 1 is 1.17 bits per heavy atom. The molecular weight excluding hydrogens is 622 g/mol. The maximum atomic E-state index is 14.3. The first-order valence-corrected chi connectivity index (χ1v) is 14.0. The number of anilines is 1. The largest absolute Gasteiger partial charge is 0.394 e. The van der Waals surface area contributed by atoms with Gasteiger partial charge in [-0.15, -0.1) is 5.10 Å². The van der Waals surface area contributed by atoms with Crippen LogP contribution in [0.4, 0.5) is 14.5 Å². The number of carbonyl (C=O) groups excluding carboxylic acids is 1. The Hall–Kier alpha value is -2.85. The quantitative estimate of drug-likeness (QED) is 0.350. The molecule has 2 aliphatic heterocycles. The Morgan fingerprint density at radius 2 is 1.88 bits per heavy atom. The van der Waals surface area contributed by atoms with Gasteiger partial charge < -0.3 is 34.4 Å². The van der Waals surface area contributed by atoms with Crippen molar-refractivity contribution in [2.45, 2.75) is 56.5 Å². The fourth-order valence-corrected chi connectivity index (χ4v) is 6.06. The number of rotatable bonds is 7. The van der Waals surface area contributed by atoms with Crippen LogP contribution in [0.25, 0.3) is 11.3 Å². The Labute approximate surface area is 248 Å². The average Bonchev–Trinajstić information content (AvgIpc) is 3.60. The minimum Gasteiger partial charge on any atom is -0.394 e. The van der Waals surface area contributed by atoms with Crippen LogP contribution in [-0.2, 0) is 19.0 Å². The lowest BCUT2D eigenvalue weighted by molar-refractivity contribution is -0.211. The molecule has 3 heterocycles. The summed E-state index contributed by atoms with van der Waals surface area (Å²) in [6.45, 7) is 2.63. The van der Waals surface area contributed by atoms with Crippen LogP contribution < -0.4 is 4.90 Å². The average molecular weight is 653 g/mol. The normalized spacial score (nSPS) is 27.8. The minimum atomic E-state index is -1.41. The number of aromatic nitrogens is 3. The second-order valence-electron chi connectivity index (χ2n) is 10.5. The zero-order valence-corrected chi connectivity index (χ0v) is 24.6. The van der Waals surface area contributed by atoms with Crippen molar-refractivity contribution in [1.29, 1.82) is 0 Å². The van der Waals surface area contributed by atoms with Crippen molar-refractivity contribution in [3.05, 3.63) is 63.8 Å². The molecule has 1 amide bonds. The minimum absolute atomic E-state index is 0.0310. The van der Waals surface area contributed by atoms with Gasteiger partial charge in [-0.25, -0.2) is 13.5 Å². The van der Waals surface area contributed by atoms with Crippen molar-refractivity contribution < 1.29 is 43.1 Å². The van der Waals surface area contributed by atoms with Gasteiger partial charge in [0.1, 0.15) is 47.8 Å². The molecule has 5 unspecified atom stereocenters. The van der Waals surface area contributed by atoms with E-state index in [-0.39, 0.29) is 30.0 Å². The number of amides is 1. The molecule has 42 heavy (non-hydrogen) atoms. The molecule has 0 aliphatic carbocycles. The van der Waals surface area contributed by atoms with E-state index in [2.05, 4.69) is 26.2 Å². The molecule has 2 aromatic carbocycles. The summed E-state index contributed by atoms with van der Waals surface area (Å²) < 4.78 is 47.6. The first-order valence-electron chi connectivity index (χ1n) is 13.2. The molecule has 2 aliphatic rings. The topological polar surface area (TPSA) is 139 Å². The van der Waals surface area contributed by atoms with Gasteiger partial charge in [0.15, 0.2) is 6.10 Å². The van der Waals surface area contributed by atoms with Gasteiger partial charge in [-0.05, 0) is 49.7 Å². The summed E-state index contributed by atoms with van der Waals surface area (Å²) in [5.41, 5.74) is 1.41. The van der Waals surface area contributed by atoms with Crippen LogP contribution in [0, 0.1) is 25.5 Å².